The number of aromatic nitrogens is 2. The number of nitrogens with one attached hydrogen (secondary N) is 1. The van der Waals surface area contributed by atoms with Crippen molar-refractivity contribution in [2.24, 2.45) is 0 Å². The fraction of sp³-hybridized carbons (Fsp3) is 0.385. The summed E-state index contributed by atoms with van der Waals surface area (Å²) in [6, 6.07) is 4.68. The second kappa shape index (κ2) is 6.25. The minimum absolute atomic E-state index is 0.0419. The average Bonchev–Trinajstić information content (AvgIpc) is 2.85. The first kappa shape index (κ1) is 14.1. The molecule has 0 fully saturated rings. The molecule has 0 aliphatic heterocycles. The third kappa shape index (κ3) is 3.39. The molecule has 2 rings (SSSR count). The Morgan fingerprint density at radius 2 is 2.21 bits per heavy atom. The van der Waals surface area contributed by atoms with Crippen LogP contribution >= 0.6 is 15.9 Å². The molecule has 2 aromatic rings. The molecule has 1 unspecified atom stereocenters. The van der Waals surface area contributed by atoms with Gasteiger partial charge >= 0.3 is 0 Å². The summed E-state index contributed by atoms with van der Waals surface area (Å²) >= 11 is 3.21. The number of hydrogen-bond acceptors (Lipinski definition) is 4. The van der Waals surface area contributed by atoms with Crippen molar-refractivity contribution in [2.45, 2.75) is 26.3 Å². The van der Waals surface area contributed by atoms with Gasteiger partial charge in [0.1, 0.15) is 5.82 Å². The van der Waals surface area contributed by atoms with E-state index in [-0.39, 0.29) is 11.9 Å². The Labute approximate surface area is 119 Å². The van der Waals surface area contributed by atoms with Gasteiger partial charge in [-0.25, -0.2) is 4.39 Å². The Hall–Kier alpha value is -1.27. The average molecular weight is 328 g/mol. The van der Waals surface area contributed by atoms with Crippen molar-refractivity contribution in [1.82, 2.24) is 15.5 Å². The molecule has 1 atom stereocenters. The van der Waals surface area contributed by atoms with Crippen LogP contribution in [0.25, 0.3) is 11.5 Å². The van der Waals surface area contributed by atoms with Gasteiger partial charge in [0.2, 0.25) is 5.89 Å². The van der Waals surface area contributed by atoms with E-state index >= 15 is 0 Å². The quantitative estimate of drug-likeness (QED) is 0.909. The summed E-state index contributed by atoms with van der Waals surface area (Å²) in [6.07, 6.45) is 1.02. The fourth-order valence-electron chi connectivity index (χ4n) is 1.63. The van der Waals surface area contributed by atoms with E-state index in [2.05, 4.69) is 38.4 Å². The maximum absolute atomic E-state index is 13.8. The maximum atomic E-state index is 13.8. The van der Waals surface area contributed by atoms with Crippen LogP contribution in [0.15, 0.2) is 27.1 Å². The van der Waals surface area contributed by atoms with E-state index in [9.17, 15) is 4.39 Å². The zero-order chi connectivity index (χ0) is 13.8. The van der Waals surface area contributed by atoms with Crippen LogP contribution in [-0.4, -0.2) is 16.7 Å². The van der Waals surface area contributed by atoms with E-state index in [1.807, 2.05) is 6.92 Å². The molecule has 0 saturated carbocycles. The van der Waals surface area contributed by atoms with Crippen molar-refractivity contribution in [3.05, 3.63) is 34.4 Å². The first-order chi connectivity index (χ1) is 9.11. The lowest BCUT2D eigenvalue weighted by Crippen LogP contribution is -2.19. The monoisotopic (exact) mass is 327 g/mol. The van der Waals surface area contributed by atoms with Crippen molar-refractivity contribution in [2.75, 3.05) is 6.54 Å². The molecule has 0 aliphatic rings. The molecular formula is C13H15BrFN3O. The van der Waals surface area contributed by atoms with Gasteiger partial charge in [0, 0.05) is 4.47 Å². The van der Waals surface area contributed by atoms with Crippen LogP contribution in [0.2, 0.25) is 0 Å². The SMILES string of the molecule is CCCNC(C)c1nnc(-c2ccc(Br)cc2F)o1. The minimum atomic E-state index is -0.390. The van der Waals surface area contributed by atoms with Crippen LogP contribution in [0.4, 0.5) is 4.39 Å². The Bertz CT molecular complexity index is 559. The smallest absolute Gasteiger partial charge is 0.250 e. The van der Waals surface area contributed by atoms with E-state index in [1.165, 1.54) is 6.07 Å². The van der Waals surface area contributed by atoms with Crippen molar-refractivity contribution >= 4 is 15.9 Å². The molecule has 102 valence electrons. The highest BCUT2D eigenvalue weighted by molar-refractivity contribution is 9.10. The predicted molar refractivity (Wildman–Crippen MR) is 74.1 cm³/mol. The maximum Gasteiger partial charge on any atom is 0.250 e. The van der Waals surface area contributed by atoms with E-state index in [0.29, 0.717) is 15.9 Å². The van der Waals surface area contributed by atoms with Crippen LogP contribution in [0.1, 0.15) is 32.2 Å². The van der Waals surface area contributed by atoms with E-state index in [0.717, 1.165) is 13.0 Å². The van der Waals surface area contributed by atoms with Crippen LogP contribution in [0, 0.1) is 5.82 Å². The summed E-state index contributed by atoms with van der Waals surface area (Å²) < 4.78 is 20.0. The van der Waals surface area contributed by atoms with Crippen LogP contribution in [0.5, 0.6) is 0 Å². The van der Waals surface area contributed by atoms with Gasteiger partial charge in [-0.2, -0.15) is 0 Å². The zero-order valence-corrected chi connectivity index (χ0v) is 12.4. The molecule has 0 bridgehead atoms. The highest BCUT2D eigenvalue weighted by Crippen LogP contribution is 2.25. The third-order valence-electron chi connectivity index (χ3n) is 2.67. The Morgan fingerprint density at radius 1 is 1.42 bits per heavy atom. The van der Waals surface area contributed by atoms with Gasteiger partial charge in [0.25, 0.3) is 5.89 Å². The molecule has 1 heterocycles. The Balaban J connectivity index is 2.20. The Morgan fingerprint density at radius 3 is 2.89 bits per heavy atom. The molecule has 4 nitrogen and oxygen atoms in total. The number of benzene rings is 1. The van der Waals surface area contributed by atoms with Crippen LogP contribution in [-0.2, 0) is 0 Å². The molecule has 1 aromatic carbocycles. The Kier molecular flexibility index (Phi) is 4.66. The van der Waals surface area contributed by atoms with E-state index < -0.39 is 5.82 Å². The summed E-state index contributed by atoms with van der Waals surface area (Å²) in [5.41, 5.74) is 0.310. The van der Waals surface area contributed by atoms with Gasteiger partial charge < -0.3 is 9.73 Å². The summed E-state index contributed by atoms with van der Waals surface area (Å²) in [6.45, 7) is 4.88. The molecule has 0 saturated heterocycles. The van der Waals surface area contributed by atoms with Gasteiger partial charge in [-0.05, 0) is 38.1 Å². The lowest BCUT2D eigenvalue weighted by atomic mass is 10.2. The van der Waals surface area contributed by atoms with Crippen molar-refractivity contribution in [1.29, 1.82) is 0 Å². The second-order valence-electron chi connectivity index (χ2n) is 4.25. The molecule has 0 spiro atoms. The highest BCUT2D eigenvalue weighted by Gasteiger charge is 2.16. The number of rotatable bonds is 5. The summed E-state index contributed by atoms with van der Waals surface area (Å²) in [5, 5.41) is 11.1. The fourth-order valence-corrected chi connectivity index (χ4v) is 1.96. The van der Waals surface area contributed by atoms with Crippen LogP contribution < -0.4 is 5.32 Å². The molecule has 0 aliphatic carbocycles. The first-order valence-electron chi connectivity index (χ1n) is 6.14. The van der Waals surface area contributed by atoms with Gasteiger partial charge in [0.05, 0.1) is 11.6 Å². The van der Waals surface area contributed by atoms with E-state index in [1.54, 1.807) is 12.1 Å². The number of hydrogen-bond donors (Lipinski definition) is 1. The normalized spacial score (nSPS) is 12.6. The van der Waals surface area contributed by atoms with Crippen molar-refractivity contribution < 1.29 is 8.81 Å². The van der Waals surface area contributed by atoms with Gasteiger partial charge in [0.15, 0.2) is 0 Å². The van der Waals surface area contributed by atoms with Crippen molar-refractivity contribution in [3.63, 3.8) is 0 Å². The molecule has 19 heavy (non-hydrogen) atoms. The standard InChI is InChI=1S/C13H15BrFN3O/c1-3-6-16-8(2)12-17-18-13(19-12)10-5-4-9(14)7-11(10)15/h4-5,7-8,16H,3,6H2,1-2H3. The van der Waals surface area contributed by atoms with Crippen LogP contribution in [0.3, 0.4) is 0 Å². The molecule has 0 radical (unpaired) electrons. The van der Waals surface area contributed by atoms with Crippen molar-refractivity contribution in [3.8, 4) is 11.5 Å². The van der Waals surface area contributed by atoms with Gasteiger partial charge in [-0.1, -0.05) is 22.9 Å². The lowest BCUT2D eigenvalue weighted by Gasteiger charge is -2.07. The predicted octanol–water partition coefficient (Wildman–Crippen LogP) is 3.70. The van der Waals surface area contributed by atoms with Gasteiger partial charge in [-0.3, -0.25) is 0 Å². The molecule has 1 aromatic heterocycles. The number of halogens is 2. The first-order valence-corrected chi connectivity index (χ1v) is 6.93. The topological polar surface area (TPSA) is 51.0 Å². The minimum Gasteiger partial charge on any atom is -0.419 e. The lowest BCUT2D eigenvalue weighted by molar-refractivity contribution is 0.422. The molecule has 1 N–H and O–H groups in total. The van der Waals surface area contributed by atoms with E-state index in [4.69, 9.17) is 4.42 Å². The molecule has 6 heteroatoms. The molecule has 0 amide bonds. The number of nitrogens with zero attached hydrogens (tertiary/aromatic N) is 2. The third-order valence-corrected chi connectivity index (χ3v) is 3.17. The largest absolute Gasteiger partial charge is 0.419 e. The summed E-state index contributed by atoms with van der Waals surface area (Å²) in [5.74, 6) is 0.273. The second-order valence-corrected chi connectivity index (χ2v) is 5.16. The van der Waals surface area contributed by atoms with Gasteiger partial charge in [-0.15, -0.1) is 10.2 Å². The highest BCUT2D eigenvalue weighted by atomic mass is 79.9. The summed E-state index contributed by atoms with van der Waals surface area (Å²) in [4.78, 5) is 0. The zero-order valence-electron chi connectivity index (χ0n) is 10.8. The summed E-state index contributed by atoms with van der Waals surface area (Å²) in [7, 11) is 0. The molecular weight excluding hydrogens is 313 g/mol.